The minimum Gasteiger partial charge on any atom is -1.00 e. The molecule has 8 heteroatoms. The largest absolute Gasteiger partial charge is 1.00 e. The molecule has 0 fully saturated rings. The van der Waals surface area contributed by atoms with Gasteiger partial charge in [0.1, 0.15) is 16.4 Å². The quantitative estimate of drug-likeness (QED) is 0.368. The van der Waals surface area contributed by atoms with Gasteiger partial charge in [-0.25, -0.2) is 0 Å². The average Bonchev–Trinajstić information content (AvgIpc) is 2.37. The standard InChI is InChI=1S/C13H10O6S.Na.H/c14-10-7-11(15)12(20(17,18)19)6-9(10)13(16)8-4-2-1-3-5-8;;/h1-7,14-15H,(H,17,18,19);;/q;+1;-1. The van der Waals surface area contributed by atoms with Gasteiger partial charge in [0.15, 0.2) is 5.78 Å². The first kappa shape index (κ1) is 17.7. The molecule has 0 radical (unpaired) electrons. The van der Waals surface area contributed by atoms with Crippen molar-refractivity contribution in [1.82, 2.24) is 0 Å². The van der Waals surface area contributed by atoms with Crippen LogP contribution in [0.15, 0.2) is 47.4 Å². The normalized spacial score (nSPS) is 10.7. The molecule has 0 unspecified atom stereocenters. The fourth-order valence-electron chi connectivity index (χ4n) is 1.69. The zero-order valence-corrected chi connectivity index (χ0v) is 13.8. The molecule has 2 aromatic rings. The zero-order chi connectivity index (χ0) is 14.9. The summed E-state index contributed by atoms with van der Waals surface area (Å²) in [6.45, 7) is 0. The smallest absolute Gasteiger partial charge is 1.00 e. The van der Waals surface area contributed by atoms with Crippen LogP contribution in [0.2, 0.25) is 0 Å². The Labute approximate surface area is 144 Å². The molecule has 0 bridgehead atoms. The number of phenolic OH excluding ortho intramolecular Hbond substituents is 2. The topological polar surface area (TPSA) is 112 Å². The van der Waals surface area contributed by atoms with Crippen molar-refractivity contribution in [2.45, 2.75) is 4.90 Å². The molecule has 0 aliphatic rings. The molecular weight excluding hydrogens is 307 g/mol. The Morgan fingerprint density at radius 2 is 1.57 bits per heavy atom. The minimum atomic E-state index is -4.70. The Bertz CT molecular complexity index is 777. The first-order valence-electron chi connectivity index (χ1n) is 5.44. The first-order valence-corrected chi connectivity index (χ1v) is 6.88. The molecule has 0 aliphatic carbocycles. The van der Waals surface area contributed by atoms with Crippen molar-refractivity contribution in [2.75, 3.05) is 0 Å². The number of hydrogen-bond donors (Lipinski definition) is 3. The van der Waals surface area contributed by atoms with Gasteiger partial charge in [0, 0.05) is 11.6 Å². The van der Waals surface area contributed by atoms with Crippen LogP contribution < -0.4 is 29.6 Å². The Morgan fingerprint density at radius 1 is 1.00 bits per heavy atom. The van der Waals surface area contributed by atoms with Gasteiger partial charge >= 0.3 is 29.6 Å². The van der Waals surface area contributed by atoms with Gasteiger partial charge in [0.25, 0.3) is 10.1 Å². The van der Waals surface area contributed by atoms with Crippen LogP contribution in [-0.4, -0.2) is 29.0 Å². The molecule has 3 N–H and O–H groups in total. The molecule has 6 nitrogen and oxygen atoms in total. The van der Waals surface area contributed by atoms with Crippen LogP contribution in [0.1, 0.15) is 17.3 Å². The van der Waals surface area contributed by atoms with E-state index in [1.165, 1.54) is 12.1 Å². The average molecular weight is 318 g/mol. The predicted molar refractivity (Wildman–Crippen MR) is 70.6 cm³/mol. The third-order valence-electron chi connectivity index (χ3n) is 2.64. The van der Waals surface area contributed by atoms with Crippen LogP contribution in [0.25, 0.3) is 0 Å². The van der Waals surface area contributed by atoms with E-state index in [4.69, 9.17) is 4.55 Å². The summed E-state index contributed by atoms with van der Waals surface area (Å²) >= 11 is 0. The second-order valence-electron chi connectivity index (χ2n) is 4.01. The zero-order valence-electron chi connectivity index (χ0n) is 12.0. The Kier molecular flexibility index (Phi) is 5.54. The number of phenols is 2. The second-order valence-corrected chi connectivity index (χ2v) is 5.40. The fourth-order valence-corrected chi connectivity index (χ4v) is 2.28. The van der Waals surface area contributed by atoms with Gasteiger partial charge in [-0.3, -0.25) is 9.35 Å². The molecule has 2 rings (SSSR count). The number of hydrogen-bond acceptors (Lipinski definition) is 5. The molecule has 0 spiro atoms. The molecule has 0 aliphatic heterocycles. The summed E-state index contributed by atoms with van der Waals surface area (Å²) in [6, 6.07) is 9.30. The van der Waals surface area contributed by atoms with Crippen LogP contribution in [0.3, 0.4) is 0 Å². The molecule has 106 valence electrons. The number of carbonyl (C=O) groups excluding carboxylic acids is 1. The number of benzene rings is 2. The van der Waals surface area contributed by atoms with E-state index in [2.05, 4.69) is 0 Å². The van der Waals surface area contributed by atoms with Crippen LogP contribution >= 0.6 is 0 Å². The molecule has 21 heavy (non-hydrogen) atoms. The van der Waals surface area contributed by atoms with Crippen molar-refractivity contribution in [3.05, 3.63) is 53.6 Å². The molecule has 0 saturated heterocycles. The molecular formula is C13H11NaO6S. The summed E-state index contributed by atoms with van der Waals surface area (Å²) in [5.41, 5.74) is -0.101. The van der Waals surface area contributed by atoms with Crippen molar-refractivity contribution in [1.29, 1.82) is 0 Å². The van der Waals surface area contributed by atoms with Crippen molar-refractivity contribution in [2.24, 2.45) is 0 Å². The molecule has 0 atom stereocenters. The summed E-state index contributed by atoms with van der Waals surface area (Å²) in [7, 11) is -4.70. The van der Waals surface area contributed by atoms with Gasteiger partial charge in [-0.1, -0.05) is 30.3 Å². The number of rotatable bonds is 3. The third kappa shape index (κ3) is 3.84. The van der Waals surface area contributed by atoms with Crippen LogP contribution in [0.5, 0.6) is 11.5 Å². The SMILES string of the molecule is O=C(c1ccccc1)c1cc(S(=O)(=O)O)c(O)cc1O.[H-].[Na+]. The van der Waals surface area contributed by atoms with Crippen molar-refractivity contribution < 1.29 is 59.0 Å². The van der Waals surface area contributed by atoms with Crippen LogP contribution in [0, 0.1) is 0 Å². The van der Waals surface area contributed by atoms with Crippen molar-refractivity contribution in [3.63, 3.8) is 0 Å². The van der Waals surface area contributed by atoms with E-state index >= 15 is 0 Å². The van der Waals surface area contributed by atoms with Gasteiger partial charge in [0.05, 0.1) is 5.56 Å². The van der Waals surface area contributed by atoms with Gasteiger partial charge in [-0.2, -0.15) is 8.42 Å². The summed E-state index contributed by atoms with van der Waals surface area (Å²) in [4.78, 5) is 11.3. The third-order valence-corrected chi connectivity index (χ3v) is 3.52. The maximum Gasteiger partial charge on any atom is 1.00 e. The summed E-state index contributed by atoms with van der Waals surface area (Å²) < 4.78 is 31.1. The van der Waals surface area contributed by atoms with Gasteiger partial charge in [-0.15, -0.1) is 0 Å². The van der Waals surface area contributed by atoms with Gasteiger partial charge in [-0.05, 0) is 6.07 Å². The van der Waals surface area contributed by atoms with Crippen molar-refractivity contribution >= 4 is 15.9 Å². The van der Waals surface area contributed by atoms with E-state index in [0.29, 0.717) is 6.07 Å². The monoisotopic (exact) mass is 318 g/mol. The minimum absolute atomic E-state index is 0. The molecule has 0 saturated carbocycles. The summed E-state index contributed by atoms with van der Waals surface area (Å²) in [5.74, 6) is -2.05. The number of ketones is 1. The Hall–Kier alpha value is -1.38. The van der Waals surface area contributed by atoms with E-state index in [1.54, 1.807) is 18.2 Å². The van der Waals surface area contributed by atoms with Crippen LogP contribution in [0.4, 0.5) is 0 Å². The Morgan fingerprint density at radius 3 is 2.10 bits per heavy atom. The number of aromatic hydroxyl groups is 2. The fraction of sp³-hybridized carbons (Fsp3) is 0. The van der Waals surface area contributed by atoms with E-state index in [0.717, 1.165) is 6.07 Å². The van der Waals surface area contributed by atoms with Gasteiger partial charge in [0.2, 0.25) is 0 Å². The van der Waals surface area contributed by atoms with E-state index < -0.39 is 32.3 Å². The van der Waals surface area contributed by atoms with Crippen molar-refractivity contribution in [3.8, 4) is 11.5 Å². The number of carbonyl (C=O) groups is 1. The van der Waals surface area contributed by atoms with E-state index in [1.807, 2.05) is 0 Å². The first-order chi connectivity index (χ1) is 9.30. The van der Waals surface area contributed by atoms with Crippen LogP contribution in [-0.2, 0) is 10.1 Å². The molecule has 0 aromatic heterocycles. The summed E-state index contributed by atoms with van der Waals surface area (Å²) in [6.07, 6.45) is 0. The second kappa shape index (κ2) is 6.59. The molecule has 0 heterocycles. The molecule has 2 aromatic carbocycles. The Balaban J connectivity index is 0.00000220. The van der Waals surface area contributed by atoms with E-state index in [-0.39, 0.29) is 42.1 Å². The predicted octanol–water partition coefficient (Wildman–Crippen LogP) is -1.31. The molecule has 0 amide bonds. The maximum atomic E-state index is 12.1. The maximum absolute atomic E-state index is 12.1. The van der Waals surface area contributed by atoms with E-state index in [9.17, 15) is 23.4 Å². The summed E-state index contributed by atoms with van der Waals surface area (Å²) in [5, 5.41) is 19.0. The van der Waals surface area contributed by atoms with Gasteiger partial charge < -0.3 is 11.6 Å².